The Morgan fingerprint density at radius 2 is 1.85 bits per heavy atom. The van der Waals surface area contributed by atoms with Crippen LogP contribution in [0.4, 0.5) is 0 Å². The molecule has 0 atom stereocenters. The van der Waals surface area contributed by atoms with Crippen molar-refractivity contribution in [3.8, 4) is 0 Å². The van der Waals surface area contributed by atoms with Crippen LogP contribution >= 0.6 is 0 Å². The second kappa shape index (κ2) is 4.97. The third-order valence-corrected chi connectivity index (χ3v) is 3.24. The van der Waals surface area contributed by atoms with Crippen molar-refractivity contribution in [3.05, 3.63) is 36.0 Å². The molecular weight excluding hydrogens is 248 g/mol. The summed E-state index contributed by atoms with van der Waals surface area (Å²) >= 11 is 0. The topological polar surface area (TPSA) is 44.9 Å². The molecule has 0 spiro atoms. The number of amides is 1. The molecule has 0 fully saturated rings. The van der Waals surface area contributed by atoms with Crippen LogP contribution in [-0.2, 0) is 0 Å². The lowest BCUT2D eigenvalue weighted by molar-refractivity contribution is 0.0891. The van der Waals surface area contributed by atoms with Gasteiger partial charge in [0.1, 0.15) is 0 Å². The Bertz CT molecular complexity index is 617. The van der Waals surface area contributed by atoms with Crippen LogP contribution < -0.4 is 5.32 Å². The number of aromatic amines is 1. The van der Waals surface area contributed by atoms with Gasteiger partial charge in [0.15, 0.2) is 0 Å². The van der Waals surface area contributed by atoms with E-state index in [2.05, 4.69) is 44.9 Å². The van der Waals surface area contributed by atoms with Crippen LogP contribution in [0, 0.1) is 5.41 Å². The minimum atomic E-state index is -0.222. The Kier molecular flexibility index (Phi) is 3.63. The van der Waals surface area contributed by atoms with Crippen LogP contribution in [0.5, 0.6) is 0 Å². The molecule has 0 aliphatic heterocycles. The normalized spacial score (nSPS) is 12.7. The highest BCUT2D eigenvalue weighted by Gasteiger charge is 2.27. The smallest absolute Gasteiger partial charge is 0.251 e. The zero-order chi connectivity index (χ0) is 15.0. The lowest BCUT2D eigenvalue weighted by atomic mass is 9.81. The molecule has 0 saturated carbocycles. The molecule has 0 aliphatic rings. The van der Waals surface area contributed by atoms with Gasteiger partial charge >= 0.3 is 0 Å². The zero-order valence-corrected chi connectivity index (χ0v) is 13.0. The third kappa shape index (κ3) is 3.62. The first-order valence-electron chi connectivity index (χ1n) is 7.06. The number of benzene rings is 1. The van der Waals surface area contributed by atoms with E-state index in [4.69, 9.17) is 0 Å². The summed E-state index contributed by atoms with van der Waals surface area (Å²) in [5, 5.41) is 4.25. The van der Waals surface area contributed by atoms with Gasteiger partial charge in [-0.3, -0.25) is 4.79 Å². The van der Waals surface area contributed by atoms with Gasteiger partial charge in [-0.05, 0) is 49.3 Å². The van der Waals surface area contributed by atoms with Crippen LogP contribution in [0.25, 0.3) is 10.9 Å². The molecule has 2 aromatic rings. The highest BCUT2D eigenvalue weighted by molar-refractivity contribution is 5.98. The van der Waals surface area contributed by atoms with E-state index < -0.39 is 0 Å². The number of fused-ring (bicyclic) bond motifs is 1. The molecule has 1 amide bonds. The zero-order valence-electron chi connectivity index (χ0n) is 13.0. The molecule has 0 unspecified atom stereocenters. The lowest BCUT2D eigenvalue weighted by Crippen LogP contribution is -2.45. The van der Waals surface area contributed by atoms with Gasteiger partial charge in [-0.1, -0.05) is 26.8 Å². The van der Waals surface area contributed by atoms with Crippen molar-refractivity contribution in [2.24, 2.45) is 5.41 Å². The fourth-order valence-electron chi connectivity index (χ4n) is 2.94. The van der Waals surface area contributed by atoms with E-state index in [1.807, 2.05) is 30.5 Å². The number of rotatable bonds is 3. The summed E-state index contributed by atoms with van der Waals surface area (Å²) in [7, 11) is 0. The molecule has 2 N–H and O–H groups in total. The molecule has 1 heterocycles. The first-order chi connectivity index (χ1) is 9.16. The molecule has 3 nitrogen and oxygen atoms in total. The standard InChI is InChI=1S/C17H24N2O/c1-16(2,3)11-17(4,5)19-15(20)13-7-6-12-8-9-18-14(12)10-13/h6-10,18H,11H2,1-5H3,(H,19,20). The summed E-state index contributed by atoms with van der Waals surface area (Å²) < 4.78 is 0. The van der Waals surface area contributed by atoms with E-state index in [1.165, 1.54) is 0 Å². The second-order valence-electron chi connectivity index (χ2n) is 7.36. The molecular formula is C17H24N2O. The summed E-state index contributed by atoms with van der Waals surface area (Å²) in [4.78, 5) is 15.5. The van der Waals surface area contributed by atoms with Crippen molar-refractivity contribution in [1.29, 1.82) is 0 Å². The molecule has 1 aromatic carbocycles. The Morgan fingerprint density at radius 1 is 1.15 bits per heavy atom. The number of carbonyl (C=O) groups is 1. The monoisotopic (exact) mass is 272 g/mol. The highest BCUT2D eigenvalue weighted by Crippen LogP contribution is 2.27. The number of hydrogen-bond donors (Lipinski definition) is 2. The predicted octanol–water partition coefficient (Wildman–Crippen LogP) is 4.11. The van der Waals surface area contributed by atoms with Gasteiger partial charge in [-0.15, -0.1) is 0 Å². The van der Waals surface area contributed by atoms with Gasteiger partial charge in [-0.2, -0.15) is 0 Å². The average Bonchev–Trinajstić information content (AvgIpc) is 2.71. The minimum Gasteiger partial charge on any atom is -0.361 e. The number of H-pyrrole nitrogens is 1. The lowest BCUT2D eigenvalue weighted by Gasteiger charge is -2.33. The van der Waals surface area contributed by atoms with Crippen molar-refractivity contribution >= 4 is 16.8 Å². The predicted molar refractivity (Wildman–Crippen MR) is 83.9 cm³/mol. The molecule has 1 aromatic heterocycles. The van der Waals surface area contributed by atoms with Crippen LogP contribution in [0.15, 0.2) is 30.5 Å². The number of aromatic nitrogens is 1. The Labute approximate surface area is 120 Å². The van der Waals surface area contributed by atoms with Crippen LogP contribution in [0.2, 0.25) is 0 Å². The first-order valence-corrected chi connectivity index (χ1v) is 7.06. The molecule has 20 heavy (non-hydrogen) atoms. The van der Waals surface area contributed by atoms with Crippen molar-refractivity contribution in [2.45, 2.75) is 46.6 Å². The number of nitrogens with one attached hydrogen (secondary N) is 2. The molecule has 0 saturated heterocycles. The van der Waals surface area contributed by atoms with Crippen LogP contribution in [-0.4, -0.2) is 16.4 Å². The summed E-state index contributed by atoms with van der Waals surface area (Å²) in [5.74, 6) is -0.0178. The Hall–Kier alpha value is -1.77. The molecule has 0 bridgehead atoms. The van der Waals surface area contributed by atoms with Crippen molar-refractivity contribution in [1.82, 2.24) is 10.3 Å². The highest BCUT2D eigenvalue weighted by atomic mass is 16.1. The van der Waals surface area contributed by atoms with Crippen molar-refractivity contribution in [3.63, 3.8) is 0 Å². The van der Waals surface area contributed by atoms with Gasteiger partial charge in [-0.25, -0.2) is 0 Å². The van der Waals surface area contributed by atoms with Crippen LogP contribution in [0.3, 0.4) is 0 Å². The maximum absolute atomic E-state index is 12.4. The van der Waals surface area contributed by atoms with E-state index in [0.717, 1.165) is 17.3 Å². The van der Waals surface area contributed by atoms with Gasteiger partial charge in [0.25, 0.3) is 5.91 Å². The summed E-state index contributed by atoms with van der Waals surface area (Å²) in [6.45, 7) is 10.7. The Balaban J connectivity index is 2.14. The molecule has 0 radical (unpaired) electrons. The average molecular weight is 272 g/mol. The van der Waals surface area contributed by atoms with E-state index in [-0.39, 0.29) is 16.9 Å². The molecule has 3 heteroatoms. The van der Waals surface area contributed by atoms with E-state index in [0.29, 0.717) is 5.56 Å². The summed E-state index contributed by atoms with van der Waals surface area (Å²) in [5.41, 5.74) is 1.65. The second-order valence-corrected chi connectivity index (χ2v) is 7.36. The summed E-state index contributed by atoms with van der Waals surface area (Å²) in [6.07, 6.45) is 2.81. The number of hydrogen-bond acceptors (Lipinski definition) is 1. The summed E-state index contributed by atoms with van der Waals surface area (Å²) in [6, 6.07) is 7.74. The molecule has 2 rings (SSSR count). The van der Waals surface area contributed by atoms with Crippen molar-refractivity contribution < 1.29 is 4.79 Å². The van der Waals surface area contributed by atoms with Gasteiger partial charge in [0, 0.05) is 22.8 Å². The molecule has 0 aliphatic carbocycles. The van der Waals surface area contributed by atoms with Gasteiger partial charge < -0.3 is 10.3 Å². The largest absolute Gasteiger partial charge is 0.361 e. The minimum absolute atomic E-state index is 0.0178. The van der Waals surface area contributed by atoms with Gasteiger partial charge in [0.2, 0.25) is 0 Å². The number of carbonyl (C=O) groups excluding carboxylic acids is 1. The SMILES string of the molecule is CC(C)(C)CC(C)(C)NC(=O)c1ccc2cc[nH]c2c1. The maximum atomic E-state index is 12.4. The van der Waals surface area contributed by atoms with E-state index in [9.17, 15) is 4.79 Å². The van der Waals surface area contributed by atoms with E-state index >= 15 is 0 Å². The fraction of sp³-hybridized carbons (Fsp3) is 0.471. The fourth-order valence-corrected chi connectivity index (χ4v) is 2.94. The first kappa shape index (κ1) is 14.6. The third-order valence-electron chi connectivity index (χ3n) is 3.24. The van der Waals surface area contributed by atoms with E-state index in [1.54, 1.807) is 0 Å². The maximum Gasteiger partial charge on any atom is 0.251 e. The Morgan fingerprint density at radius 3 is 2.50 bits per heavy atom. The quantitative estimate of drug-likeness (QED) is 0.867. The van der Waals surface area contributed by atoms with Crippen LogP contribution in [0.1, 0.15) is 51.4 Å². The van der Waals surface area contributed by atoms with Crippen molar-refractivity contribution in [2.75, 3.05) is 0 Å². The molecule has 108 valence electrons. The van der Waals surface area contributed by atoms with Gasteiger partial charge in [0.05, 0.1) is 0 Å².